The van der Waals surface area contributed by atoms with E-state index in [1.54, 1.807) is 24.7 Å². The van der Waals surface area contributed by atoms with Crippen molar-refractivity contribution in [3.63, 3.8) is 0 Å². The second kappa shape index (κ2) is 7.36. The number of phenols is 1. The third kappa shape index (κ3) is 4.95. The van der Waals surface area contributed by atoms with Gasteiger partial charge in [0.2, 0.25) is 5.88 Å². The Morgan fingerprint density at radius 3 is 2.84 bits per heavy atom. The largest absolute Gasteiger partial charge is 0.508 e. The number of ether oxygens (including phenoxy) is 1. The molecule has 1 aromatic heterocycles. The molecule has 0 aliphatic carbocycles. The van der Waals surface area contributed by atoms with E-state index in [9.17, 15) is 5.11 Å². The summed E-state index contributed by atoms with van der Waals surface area (Å²) in [5, 5.41) is 9.35. The van der Waals surface area contributed by atoms with Crippen LogP contribution in [0.1, 0.15) is 24.8 Å². The molecule has 1 aromatic carbocycles. The summed E-state index contributed by atoms with van der Waals surface area (Å²) < 4.78 is 5.46. The van der Waals surface area contributed by atoms with Crippen LogP contribution in [0.15, 0.2) is 42.9 Å². The molecule has 4 heteroatoms. The van der Waals surface area contributed by atoms with E-state index in [0.29, 0.717) is 18.2 Å². The van der Waals surface area contributed by atoms with E-state index in [1.165, 1.54) is 5.56 Å². The van der Waals surface area contributed by atoms with E-state index in [2.05, 4.69) is 9.97 Å². The number of hydrogen-bond donors (Lipinski definition) is 1. The van der Waals surface area contributed by atoms with Gasteiger partial charge in [-0.15, -0.1) is 0 Å². The Bertz CT molecular complexity index is 489. The second-order valence-electron chi connectivity index (χ2n) is 4.37. The molecule has 1 N–H and O–H groups in total. The molecule has 4 nitrogen and oxygen atoms in total. The molecule has 0 aliphatic rings. The summed E-state index contributed by atoms with van der Waals surface area (Å²) >= 11 is 0. The lowest BCUT2D eigenvalue weighted by Gasteiger charge is -2.04. The third-order valence-electron chi connectivity index (χ3n) is 2.81. The van der Waals surface area contributed by atoms with E-state index < -0.39 is 0 Å². The van der Waals surface area contributed by atoms with Crippen molar-refractivity contribution in [3.05, 3.63) is 48.4 Å². The highest BCUT2D eigenvalue weighted by atomic mass is 16.5. The quantitative estimate of drug-likeness (QED) is 0.776. The highest BCUT2D eigenvalue weighted by Gasteiger charge is 1.97. The molecule has 2 aromatic rings. The van der Waals surface area contributed by atoms with Crippen LogP contribution in [0.4, 0.5) is 0 Å². The van der Waals surface area contributed by atoms with Gasteiger partial charge in [0.25, 0.3) is 0 Å². The van der Waals surface area contributed by atoms with Crippen LogP contribution in [-0.2, 0) is 6.42 Å². The molecule has 19 heavy (non-hydrogen) atoms. The fourth-order valence-electron chi connectivity index (χ4n) is 1.86. The molecule has 100 valence electrons. The number of aromatic hydroxyl groups is 1. The topological polar surface area (TPSA) is 55.2 Å². The Balaban J connectivity index is 1.58. The first-order valence-electron chi connectivity index (χ1n) is 6.51. The Hall–Kier alpha value is -2.10. The van der Waals surface area contributed by atoms with Gasteiger partial charge in [-0.1, -0.05) is 12.1 Å². The standard InChI is InChI=1S/C15H18N2O2/c18-14-7-4-6-13(11-14)5-2-1-3-10-19-15-12-16-8-9-17-15/h4,6-9,11-12,18H,1-3,5,10H2. The smallest absolute Gasteiger partial charge is 0.232 e. The Kier molecular flexibility index (Phi) is 5.17. The van der Waals surface area contributed by atoms with Gasteiger partial charge >= 0.3 is 0 Å². The maximum atomic E-state index is 9.35. The average molecular weight is 258 g/mol. The van der Waals surface area contributed by atoms with Crippen molar-refractivity contribution in [1.29, 1.82) is 0 Å². The van der Waals surface area contributed by atoms with Gasteiger partial charge in [-0.2, -0.15) is 0 Å². The zero-order valence-electron chi connectivity index (χ0n) is 10.8. The van der Waals surface area contributed by atoms with Crippen LogP contribution >= 0.6 is 0 Å². The lowest BCUT2D eigenvalue weighted by Crippen LogP contribution is -1.99. The van der Waals surface area contributed by atoms with Gasteiger partial charge in [-0.3, -0.25) is 4.98 Å². The second-order valence-corrected chi connectivity index (χ2v) is 4.37. The summed E-state index contributed by atoms with van der Waals surface area (Å²) in [4.78, 5) is 7.98. The van der Waals surface area contributed by atoms with Crippen molar-refractivity contribution < 1.29 is 9.84 Å². The lowest BCUT2D eigenvalue weighted by atomic mass is 10.1. The summed E-state index contributed by atoms with van der Waals surface area (Å²) in [5.74, 6) is 0.916. The number of unbranched alkanes of at least 4 members (excludes halogenated alkanes) is 2. The minimum absolute atomic E-state index is 0.337. The molecule has 0 radical (unpaired) electrons. The molecule has 0 atom stereocenters. The van der Waals surface area contributed by atoms with E-state index in [0.717, 1.165) is 25.7 Å². The Morgan fingerprint density at radius 1 is 1.11 bits per heavy atom. The lowest BCUT2D eigenvalue weighted by molar-refractivity contribution is 0.293. The van der Waals surface area contributed by atoms with Crippen molar-refractivity contribution in [2.45, 2.75) is 25.7 Å². The number of phenolic OH excluding ortho intramolecular Hbond substituents is 1. The van der Waals surface area contributed by atoms with E-state index in [4.69, 9.17) is 4.74 Å². The first-order chi connectivity index (χ1) is 9.34. The van der Waals surface area contributed by atoms with Gasteiger partial charge in [0.15, 0.2) is 0 Å². The molecule has 0 amide bonds. The summed E-state index contributed by atoms with van der Waals surface area (Å²) in [6.45, 7) is 0.665. The minimum atomic E-state index is 0.337. The fraction of sp³-hybridized carbons (Fsp3) is 0.333. The zero-order chi connectivity index (χ0) is 13.3. The van der Waals surface area contributed by atoms with Crippen molar-refractivity contribution in [1.82, 2.24) is 9.97 Å². The monoisotopic (exact) mass is 258 g/mol. The maximum Gasteiger partial charge on any atom is 0.232 e. The van der Waals surface area contributed by atoms with Crippen LogP contribution in [0.5, 0.6) is 11.6 Å². The van der Waals surface area contributed by atoms with Crippen molar-refractivity contribution in [2.24, 2.45) is 0 Å². The van der Waals surface area contributed by atoms with Gasteiger partial charge < -0.3 is 9.84 Å². The zero-order valence-corrected chi connectivity index (χ0v) is 10.8. The molecule has 0 bridgehead atoms. The molecule has 2 rings (SSSR count). The predicted molar refractivity (Wildman–Crippen MR) is 73.2 cm³/mol. The maximum absolute atomic E-state index is 9.35. The average Bonchev–Trinajstić information content (AvgIpc) is 2.44. The molecule has 0 fully saturated rings. The number of hydrogen-bond acceptors (Lipinski definition) is 4. The number of rotatable bonds is 7. The van der Waals surface area contributed by atoms with Crippen molar-refractivity contribution >= 4 is 0 Å². The van der Waals surface area contributed by atoms with Gasteiger partial charge in [0.05, 0.1) is 12.8 Å². The van der Waals surface area contributed by atoms with Gasteiger partial charge in [0, 0.05) is 12.4 Å². The van der Waals surface area contributed by atoms with E-state index >= 15 is 0 Å². The number of aromatic nitrogens is 2. The van der Waals surface area contributed by atoms with Crippen LogP contribution in [0.2, 0.25) is 0 Å². The molecule has 1 heterocycles. The minimum Gasteiger partial charge on any atom is -0.508 e. The first kappa shape index (κ1) is 13.3. The van der Waals surface area contributed by atoms with Crippen molar-refractivity contribution in [2.75, 3.05) is 6.61 Å². The third-order valence-corrected chi connectivity index (χ3v) is 2.81. The molecular formula is C15H18N2O2. The van der Waals surface area contributed by atoms with E-state index in [-0.39, 0.29) is 0 Å². The summed E-state index contributed by atoms with van der Waals surface area (Å²) in [6.07, 6.45) is 9.03. The molecule has 0 saturated carbocycles. The van der Waals surface area contributed by atoms with Gasteiger partial charge in [0.1, 0.15) is 5.75 Å². The number of benzene rings is 1. The van der Waals surface area contributed by atoms with Gasteiger partial charge in [-0.05, 0) is 43.4 Å². The fourth-order valence-corrected chi connectivity index (χ4v) is 1.86. The molecule has 0 aliphatic heterocycles. The summed E-state index contributed by atoms with van der Waals surface area (Å²) in [5.41, 5.74) is 1.18. The van der Waals surface area contributed by atoms with Crippen LogP contribution < -0.4 is 4.74 Å². The van der Waals surface area contributed by atoms with Gasteiger partial charge in [-0.25, -0.2) is 4.98 Å². The Morgan fingerprint density at radius 2 is 2.05 bits per heavy atom. The number of aryl methyl sites for hydroxylation is 1. The summed E-state index contributed by atoms with van der Waals surface area (Å²) in [7, 11) is 0. The van der Waals surface area contributed by atoms with Crippen LogP contribution in [0, 0.1) is 0 Å². The van der Waals surface area contributed by atoms with Crippen LogP contribution in [0.3, 0.4) is 0 Å². The molecule has 0 unspecified atom stereocenters. The van der Waals surface area contributed by atoms with Crippen LogP contribution in [-0.4, -0.2) is 21.7 Å². The van der Waals surface area contributed by atoms with E-state index in [1.807, 2.05) is 18.2 Å². The highest BCUT2D eigenvalue weighted by molar-refractivity contribution is 5.27. The first-order valence-corrected chi connectivity index (χ1v) is 6.51. The molecule has 0 spiro atoms. The molecular weight excluding hydrogens is 240 g/mol. The number of nitrogens with zero attached hydrogens (tertiary/aromatic N) is 2. The predicted octanol–water partition coefficient (Wildman–Crippen LogP) is 2.97. The normalized spacial score (nSPS) is 10.3. The highest BCUT2D eigenvalue weighted by Crippen LogP contribution is 2.13. The Labute approximate surface area is 113 Å². The molecule has 0 saturated heterocycles. The van der Waals surface area contributed by atoms with Crippen molar-refractivity contribution in [3.8, 4) is 11.6 Å². The van der Waals surface area contributed by atoms with Crippen LogP contribution in [0.25, 0.3) is 0 Å². The summed E-state index contributed by atoms with van der Waals surface area (Å²) in [6, 6.07) is 7.42. The SMILES string of the molecule is Oc1cccc(CCCCCOc2cnccn2)c1.